The summed E-state index contributed by atoms with van der Waals surface area (Å²) in [5.41, 5.74) is 2.38. The lowest BCUT2D eigenvalue weighted by molar-refractivity contribution is 0.447. The van der Waals surface area contributed by atoms with Gasteiger partial charge in [-0.1, -0.05) is 22.0 Å². The highest BCUT2D eigenvalue weighted by Gasteiger charge is 2.15. The van der Waals surface area contributed by atoms with Gasteiger partial charge in [0.1, 0.15) is 0 Å². The molecule has 17 heavy (non-hydrogen) atoms. The minimum absolute atomic E-state index is 0.285. The molecular formula is C14H19BrN2. The normalized spacial score (nSPS) is 11.2. The third kappa shape index (κ3) is 4.89. The average Bonchev–Trinajstić information content (AvgIpc) is 2.29. The molecule has 0 aromatic heterocycles. The van der Waals surface area contributed by atoms with Crippen molar-refractivity contribution in [3.63, 3.8) is 0 Å². The maximum absolute atomic E-state index is 8.89. The van der Waals surface area contributed by atoms with E-state index in [1.165, 1.54) is 11.1 Å². The van der Waals surface area contributed by atoms with Gasteiger partial charge in [-0.15, -0.1) is 0 Å². The van der Waals surface area contributed by atoms with Gasteiger partial charge in [-0.2, -0.15) is 5.26 Å². The fourth-order valence-electron chi connectivity index (χ4n) is 1.57. The third-order valence-corrected chi connectivity index (χ3v) is 3.25. The molecule has 1 N–H and O–H groups in total. The van der Waals surface area contributed by atoms with E-state index in [0.717, 1.165) is 24.0 Å². The van der Waals surface area contributed by atoms with Gasteiger partial charge in [0, 0.05) is 11.0 Å². The van der Waals surface area contributed by atoms with Crippen molar-refractivity contribution in [1.29, 1.82) is 5.26 Å². The number of halogens is 1. The molecule has 0 saturated heterocycles. The van der Waals surface area contributed by atoms with Crippen LogP contribution in [0.4, 0.5) is 0 Å². The highest BCUT2D eigenvalue weighted by molar-refractivity contribution is 9.10. The van der Waals surface area contributed by atoms with Crippen molar-refractivity contribution in [1.82, 2.24) is 5.32 Å². The van der Waals surface area contributed by atoms with E-state index in [4.69, 9.17) is 5.26 Å². The zero-order valence-corrected chi connectivity index (χ0v) is 12.3. The second kappa shape index (κ2) is 6.18. The van der Waals surface area contributed by atoms with Crippen molar-refractivity contribution in [2.75, 3.05) is 13.1 Å². The van der Waals surface area contributed by atoms with Gasteiger partial charge in [-0.05, 0) is 57.0 Å². The van der Waals surface area contributed by atoms with Gasteiger partial charge >= 0.3 is 0 Å². The van der Waals surface area contributed by atoms with Crippen molar-refractivity contribution < 1.29 is 0 Å². The van der Waals surface area contributed by atoms with Crippen molar-refractivity contribution in [3.05, 3.63) is 33.8 Å². The smallest absolute Gasteiger partial charge is 0.0697 e. The van der Waals surface area contributed by atoms with Gasteiger partial charge in [0.25, 0.3) is 0 Å². The Kier molecular flexibility index (Phi) is 5.17. The van der Waals surface area contributed by atoms with E-state index in [1.807, 2.05) is 13.8 Å². The first kappa shape index (κ1) is 14.2. The zero-order chi connectivity index (χ0) is 12.9. The van der Waals surface area contributed by atoms with E-state index in [0.29, 0.717) is 0 Å². The Balaban J connectivity index is 2.42. The average molecular weight is 295 g/mol. The number of hydrogen-bond acceptors (Lipinski definition) is 2. The van der Waals surface area contributed by atoms with E-state index < -0.39 is 0 Å². The van der Waals surface area contributed by atoms with Gasteiger partial charge in [-0.3, -0.25) is 0 Å². The topological polar surface area (TPSA) is 35.8 Å². The zero-order valence-electron chi connectivity index (χ0n) is 10.7. The molecule has 0 aliphatic carbocycles. The fourth-order valence-corrected chi connectivity index (χ4v) is 1.98. The standard InChI is InChI=1S/C14H19BrN2/c1-11-4-5-13(15)8-12(11)6-7-17-10-14(2,3)9-16/h4-5,8,17H,6-7,10H2,1-3H3. The summed E-state index contributed by atoms with van der Waals surface area (Å²) in [5, 5.41) is 12.2. The van der Waals surface area contributed by atoms with Gasteiger partial charge in [0.15, 0.2) is 0 Å². The highest BCUT2D eigenvalue weighted by atomic mass is 79.9. The molecule has 2 nitrogen and oxygen atoms in total. The Bertz CT molecular complexity index is 419. The molecule has 0 radical (unpaired) electrons. The van der Waals surface area contributed by atoms with E-state index in [9.17, 15) is 0 Å². The molecule has 0 amide bonds. The molecule has 0 spiro atoms. The molecule has 0 fully saturated rings. The number of aryl methyl sites for hydroxylation is 1. The van der Waals surface area contributed by atoms with Crippen molar-refractivity contribution in [2.24, 2.45) is 5.41 Å². The van der Waals surface area contributed by atoms with Crippen LogP contribution in [0.2, 0.25) is 0 Å². The predicted octanol–water partition coefficient (Wildman–Crippen LogP) is 3.44. The van der Waals surface area contributed by atoms with Crippen LogP contribution in [0.15, 0.2) is 22.7 Å². The molecular weight excluding hydrogens is 276 g/mol. The molecule has 0 heterocycles. The number of rotatable bonds is 5. The maximum Gasteiger partial charge on any atom is 0.0697 e. The second-order valence-electron chi connectivity index (χ2n) is 4.99. The first-order valence-electron chi connectivity index (χ1n) is 5.81. The molecule has 0 bridgehead atoms. The molecule has 1 aromatic rings. The van der Waals surface area contributed by atoms with Crippen molar-refractivity contribution in [2.45, 2.75) is 27.2 Å². The summed E-state index contributed by atoms with van der Waals surface area (Å²) in [5.74, 6) is 0. The van der Waals surface area contributed by atoms with Crippen LogP contribution in [0.1, 0.15) is 25.0 Å². The van der Waals surface area contributed by atoms with Gasteiger partial charge < -0.3 is 5.32 Å². The largest absolute Gasteiger partial charge is 0.315 e. The summed E-state index contributed by atoms with van der Waals surface area (Å²) >= 11 is 3.48. The van der Waals surface area contributed by atoms with Gasteiger partial charge in [0.05, 0.1) is 11.5 Å². The van der Waals surface area contributed by atoms with Crippen LogP contribution in [-0.2, 0) is 6.42 Å². The molecule has 1 aromatic carbocycles. The van der Waals surface area contributed by atoms with Crippen LogP contribution in [0.5, 0.6) is 0 Å². The van der Waals surface area contributed by atoms with E-state index in [-0.39, 0.29) is 5.41 Å². The lowest BCUT2D eigenvalue weighted by Crippen LogP contribution is -2.29. The van der Waals surface area contributed by atoms with Crippen LogP contribution in [-0.4, -0.2) is 13.1 Å². The summed E-state index contributed by atoms with van der Waals surface area (Å²) in [6.07, 6.45) is 0.993. The Labute approximate surface area is 112 Å². The van der Waals surface area contributed by atoms with Crippen LogP contribution in [0.25, 0.3) is 0 Å². The molecule has 1 rings (SSSR count). The van der Waals surface area contributed by atoms with Gasteiger partial charge in [-0.25, -0.2) is 0 Å². The number of benzene rings is 1. The van der Waals surface area contributed by atoms with Crippen molar-refractivity contribution >= 4 is 15.9 Å². The van der Waals surface area contributed by atoms with E-state index >= 15 is 0 Å². The predicted molar refractivity (Wildman–Crippen MR) is 74.8 cm³/mol. The minimum Gasteiger partial charge on any atom is -0.315 e. The monoisotopic (exact) mass is 294 g/mol. The van der Waals surface area contributed by atoms with Crippen LogP contribution >= 0.6 is 15.9 Å². The lowest BCUT2D eigenvalue weighted by atomic mass is 9.96. The minimum atomic E-state index is -0.285. The first-order valence-corrected chi connectivity index (χ1v) is 6.61. The molecule has 3 heteroatoms. The molecule has 92 valence electrons. The molecule has 0 aliphatic heterocycles. The first-order chi connectivity index (χ1) is 7.94. The molecule has 0 atom stereocenters. The second-order valence-corrected chi connectivity index (χ2v) is 5.91. The van der Waals surface area contributed by atoms with Crippen LogP contribution in [0, 0.1) is 23.7 Å². The summed E-state index contributed by atoms with van der Waals surface area (Å²) in [6, 6.07) is 8.63. The third-order valence-electron chi connectivity index (χ3n) is 2.75. The number of nitrogens with one attached hydrogen (secondary N) is 1. The molecule has 0 saturated carbocycles. The van der Waals surface area contributed by atoms with E-state index in [1.54, 1.807) is 0 Å². The Morgan fingerprint density at radius 1 is 1.41 bits per heavy atom. The Hall–Kier alpha value is -0.850. The fraction of sp³-hybridized carbons (Fsp3) is 0.500. The summed E-state index contributed by atoms with van der Waals surface area (Å²) in [4.78, 5) is 0. The molecule has 0 aliphatic rings. The van der Waals surface area contributed by atoms with Crippen LogP contribution < -0.4 is 5.32 Å². The lowest BCUT2D eigenvalue weighted by Gasteiger charge is -2.16. The summed E-state index contributed by atoms with van der Waals surface area (Å²) in [7, 11) is 0. The molecule has 0 unspecified atom stereocenters. The Morgan fingerprint density at radius 2 is 2.12 bits per heavy atom. The van der Waals surface area contributed by atoms with Crippen LogP contribution in [0.3, 0.4) is 0 Å². The number of hydrogen-bond donors (Lipinski definition) is 1. The SMILES string of the molecule is Cc1ccc(Br)cc1CCNCC(C)(C)C#N. The summed E-state index contributed by atoms with van der Waals surface area (Å²) < 4.78 is 1.12. The van der Waals surface area contributed by atoms with Crippen molar-refractivity contribution in [3.8, 4) is 6.07 Å². The quantitative estimate of drug-likeness (QED) is 0.845. The maximum atomic E-state index is 8.89. The summed E-state index contributed by atoms with van der Waals surface area (Å²) in [6.45, 7) is 7.66. The van der Waals surface area contributed by atoms with Gasteiger partial charge in [0.2, 0.25) is 0 Å². The number of nitriles is 1. The number of nitrogens with zero attached hydrogens (tertiary/aromatic N) is 1. The Morgan fingerprint density at radius 3 is 2.76 bits per heavy atom. The van der Waals surface area contributed by atoms with E-state index in [2.05, 4.69) is 52.4 Å². The highest BCUT2D eigenvalue weighted by Crippen LogP contribution is 2.16.